The normalized spacial score (nSPS) is 20.5. The first-order chi connectivity index (χ1) is 10.6. The highest BCUT2D eigenvalue weighted by Gasteiger charge is 2.25. The Morgan fingerprint density at radius 2 is 1.70 bits per heavy atom. The minimum atomic E-state index is -0.00773. The van der Waals surface area contributed by atoms with Gasteiger partial charge in [0.05, 0.1) is 0 Å². The van der Waals surface area contributed by atoms with Gasteiger partial charge in [-0.15, -0.1) is 12.4 Å². The number of hydrogen-bond donors (Lipinski definition) is 2. The summed E-state index contributed by atoms with van der Waals surface area (Å²) in [5.74, 6) is 0.481. The van der Waals surface area contributed by atoms with Gasteiger partial charge in [0.2, 0.25) is 11.8 Å². The Morgan fingerprint density at radius 3 is 2.26 bits per heavy atom. The molecule has 0 spiro atoms. The van der Waals surface area contributed by atoms with E-state index in [2.05, 4.69) is 19.2 Å². The molecule has 0 radical (unpaired) electrons. The van der Waals surface area contributed by atoms with Gasteiger partial charge in [-0.25, -0.2) is 0 Å². The van der Waals surface area contributed by atoms with Crippen LogP contribution in [0.2, 0.25) is 0 Å². The third-order valence-electron chi connectivity index (χ3n) is 4.46. The van der Waals surface area contributed by atoms with Gasteiger partial charge in [-0.2, -0.15) is 0 Å². The molecular formula is C17H34ClN3O2. The molecule has 2 atom stereocenters. The van der Waals surface area contributed by atoms with Gasteiger partial charge in [0.1, 0.15) is 0 Å². The van der Waals surface area contributed by atoms with E-state index >= 15 is 0 Å². The number of hydrogen-bond acceptors (Lipinski definition) is 3. The smallest absolute Gasteiger partial charge is 0.223 e. The van der Waals surface area contributed by atoms with Gasteiger partial charge in [-0.1, -0.05) is 26.7 Å². The zero-order chi connectivity index (χ0) is 16.4. The highest BCUT2D eigenvalue weighted by atomic mass is 35.5. The van der Waals surface area contributed by atoms with Crippen molar-refractivity contribution in [3.05, 3.63) is 0 Å². The molecule has 0 bridgehead atoms. The Bertz CT molecular complexity index is 347. The first-order valence-electron chi connectivity index (χ1n) is 8.89. The van der Waals surface area contributed by atoms with E-state index in [9.17, 15) is 9.59 Å². The van der Waals surface area contributed by atoms with Gasteiger partial charge >= 0.3 is 0 Å². The van der Waals surface area contributed by atoms with Crippen LogP contribution in [0.25, 0.3) is 0 Å². The van der Waals surface area contributed by atoms with Crippen LogP contribution in [0, 0.1) is 5.92 Å². The molecule has 1 saturated carbocycles. The number of carbonyl (C=O) groups is 2. The minimum Gasteiger partial charge on any atom is -0.353 e. The fourth-order valence-corrected chi connectivity index (χ4v) is 3.24. The summed E-state index contributed by atoms with van der Waals surface area (Å²) in [5, 5.41) is 3.09. The zero-order valence-corrected chi connectivity index (χ0v) is 15.5. The van der Waals surface area contributed by atoms with Crippen molar-refractivity contribution in [2.24, 2.45) is 11.7 Å². The topological polar surface area (TPSA) is 75.4 Å². The van der Waals surface area contributed by atoms with Gasteiger partial charge in [0.15, 0.2) is 0 Å². The van der Waals surface area contributed by atoms with Crippen molar-refractivity contribution in [1.82, 2.24) is 10.2 Å². The summed E-state index contributed by atoms with van der Waals surface area (Å²) < 4.78 is 0. The average molecular weight is 348 g/mol. The average Bonchev–Trinajstić information content (AvgIpc) is 2.53. The Morgan fingerprint density at radius 1 is 1.09 bits per heavy atom. The summed E-state index contributed by atoms with van der Waals surface area (Å²) in [7, 11) is 0. The van der Waals surface area contributed by atoms with Crippen LogP contribution in [0.5, 0.6) is 0 Å². The number of nitrogens with zero attached hydrogens (tertiary/aromatic N) is 1. The lowest BCUT2D eigenvalue weighted by molar-refractivity contribution is -0.134. The van der Waals surface area contributed by atoms with Crippen molar-refractivity contribution >= 4 is 24.2 Å². The van der Waals surface area contributed by atoms with Crippen LogP contribution >= 0.6 is 12.4 Å². The summed E-state index contributed by atoms with van der Waals surface area (Å²) in [6, 6.07) is 0.198. The molecule has 3 N–H and O–H groups in total. The standard InChI is InChI=1S/C17H33N3O2.ClH/c1-3-11-20(12-4-2)17(22)10-9-16(21)19-15-8-6-5-7-14(15)13-18;/h14-15H,3-13,18H2,1-2H3,(H,19,21);1H. The number of rotatable bonds is 9. The summed E-state index contributed by atoms with van der Waals surface area (Å²) in [5.41, 5.74) is 5.79. The second-order valence-electron chi connectivity index (χ2n) is 6.34. The van der Waals surface area contributed by atoms with Crippen LogP contribution in [-0.4, -0.2) is 42.4 Å². The maximum absolute atomic E-state index is 12.2. The quantitative estimate of drug-likeness (QED) is 0.672. The molecule has 0 heterocycles. The van der Waals surface area contributed by atoms with Crippen LogP contribution in [-0.2, 0) is 9.59 Å². The van der Waals surface area contributed by atoms with E-state index in [-0.39, 0.29) is 36.7 Å². The van der Waals surface area contributed by atoms with Crippen molar-refractivity contribution in [3.63, 3.8) is 0 Å². The molecule has 0 saturated heterocycles. The summed E-state index contributed by atoms with van der Waals surface area (Å²) in [4.78, 5) is 26.1. The number of nitrogens with one attached hydrogen (secondary N) is 1. The number of halogens is 1. The van der Waals surface area contributed by atoms with Gasteiger partial charge in [-0.05, 0) is 38.1 Å². The Balaban J connectivity index is 0.00000484. The van der Waals surface area contributed by atoms with Gasteiger partial charge in [-0.3, -0.25) is 9.59 Å². The molecule has 0 aromatic carbocycles. The largest absolute Gasteiger partial charge is 0.353 e. The predicted octanol–water partition coefficient (Wildman–Crippen LogP) is 2.47. The van der Waals surface area contributed by atoms with E-state index < -0.39 is 0 Å². The van der Waals surface area contributed by atoms with Crippen LogP contribution in [0.3, 0.4) is 0 Å². The van der Waals surface area contributed by atoms with Crippen LogP contribution in [0.4, 0.5) is 0 Å². The molecule has 0 aromatic heterocycles. The van der Waals surface area contributed by atoms with E-state index in [1.54, 1.807) is 0 Å². The van der Waals surface area contributed by atoms with E-state index in [0.717, 1.165) is 45.2 Å². The molecular weight excluding hydrogens is 314 g/mol. The molecule has 1 fully saturated rings. The molecule has 0 aromatic rings. The number of amides is 2. The second-order valence-corrected chi connectivity index (χ2v) is 6.34. The maximum atomic E-state index is 12.2. The molecule has 136 valence electrons. The van der Waals surface area contributed by atoms with Crippen molar-refractivity contribution in [2.45, 2.75) is 71.3 Å². The number of nitrogens with two attached hydrogens (primary N) is 1. The van der Waals surface area contributed by atoms with E-state index in [1.165, 1.54) is 6.42 Å². The molecule has 0 aliphatic heterocycles. The lowest BCUT2D eigenvalue weighted by atomic mass is 9.84. The molecule has 1 aliphatic rings. The van der Waals surface area contributed by atoms with Crippen molar-refractivity contribution in [1.29, 1.82) is 0 Å². The fourth-order valence-electron chi connectivity index (χ4n) is 3.24. The Kier molecular flexibility index (Phi) is 12.1. The molecule has 23 heavy (non-hydrogen) atoms. The monoisotopic (exact) mass is 347 g/mol. The minimum absolute atomic E-state index is 0. The third kappa shape index (κ3) is 8.02. The molecule has 2 unspecified atom stereocenters. The molecule has 2 amide bonds. The van der Waals surface area contributed by atoms with E-state index in [0.29, 0.717) is 18.9 Å². The van der Waals surface area contributed by atoms with Crippen molar-refractivity contribution < 1.29 is 9.59 Å². The lowest BCUT2D eigenvalue weighted by Gasteiger charge is -2.31. The number of carbonyl (C=O) groups excluding carboxylic acids is 2. The van der Waals surface area contributed by atoms with Crippen LogP contribution < -0.4 is 11.1 Å². The fraction of sp³-hybridized carbons (Fsp3) is 0.882. The molecule has 1 rings (SSSR count). The van der Waals surface area contributed by atoms with Crippen LogP contribution in [0.1, 0.15) is 65.2 Å². The zero-order valence-electron chi connectivity index (χ0n) is 14.7. The second kappa shape index (κ2) is 12.6. The summed E-state index contributed by atoms with van der Waals surface area (Å²) in [6.07, 6.45) is 6.98. The van der Waals surface area contributed by atoms with E-state index in [1.807, 2.05) is 4.90 Å². The van der Waals surface area contributed by atoms with Crippen molar-refractivity contribution in [2.75, 3.05) is 19.6 Å². The van der Waals surface area contributed by atoms with Gasteiger partial charge < -0.3 is 16.0 Å². The van der Waals surface area contributed by atoms with Crippen LogP contribution in [0.15, 0.2) is 0 Å². The Labute approximate surface area is 147 Å². The highest BCUT2D eigenvalue weighted by Crippen LogP contribution is 2.23. The summed E-state index contributed by atoms with van der Waals surface area (Å²) >= 11 is 0. The summed E-state index contributed by atoms with van der Waals surface area (Å²) in [6.45, 7) is 6.33. The van der Waals surface area contributed by atoms with Crippen molar-refractivity contribution in [3.8, 4) is 0 Å². The van der Waals surface area contributed by atoms with Gasteiger partial charge in [0.25, 0.3) is 0 Å². The SMILES string of the molecule is CCCN(CCC)C(=O)CCC(=O)NC1CCCCC1CN.Cl. The highest BCUT2D eigenvalue weighted by molar-refractivity contribution is 5.85. The Hall–Kier alpha value is -0.810. The molecule has 6 heteroatoms. The molecule has 5 nitrogen and oxygen atoms in total. The predicted molar refractivity (Wildman–Crippen MR) is 96.6 cm³/mol. The van der Waals surface area contributed by atoms with E-state index in [4.69, 9.17) is 5.73 Å². The molecule has 1 aliphatic carbocycles. The third-order valence-corrected chi connectivity index (χ3v) is 4.46. The maximum Gasteiger partial charge on any atom is 0.223 e. The first-order valence-corrected chi connectivity index (χ1v) is 8.89. The lowest BCUT2D eigenvalue weighted by Crippen LogP contribution is -2.45. The first kappa shape index (κ1) is 22.2. The van der Waals surface area contributed by atoms with Gasteiger partial charge in [0, 0.05) is 32.0 Å².